The Labute approximate surface area is 118 Å². The molecule has 110 valence electrons. The molecule has 6 heteroatoms. The molecular formula is C14H21N3O3. The highest BCUT2D eigenvalue weighted by Crippen LogP contribution is 2.14. The molecule has 0 fully saturated rings. The van der Waals surface area contributed by atoms with Crippen molar-refractivity contribution in [2.45, 2.75) is 6.92 Å². The molecular weight excluding hydrogens is 258 g/mol. The van der Waals surface area contributed by atoms with Gasteiger partial charge < -0.3 is 20.7 Å². The summed E-state index contributed by atoms with van der Waals surface area (Å²) in [5.41, 5.74) is 6.20. The van der Waals surface area contributed by atoms with Crippen LogP contribution in [0.5, 0.6) is 5.75 Å². The highest BCUT2D eigenvalue weighted by molar-refractivity contribution is 5.80. The maximum absolute atomic E-state index is 11.9. The van der Waals surface area contributed by atoms with Crippen molar-refractivity contribution in [3.8, 4) is 5.75 Å². The fraction of sp³-hybridized carbons (Fsp3) is 0.429. The molecule has 1 aromatic rings. The molecule has 1 atom stereocenters. The first-order valence-electron chi connectivity index (χ1n) is 6.38. The predicted octanol–water partition coefficient (Wildman–Crippen LogP) is 0.488. The average molecular weight is 279 g/mol. The second-order valence-corrected chi connectivity index (χ2v) is 4.65. The maximum atomic E-state index is 11.9. The standard InChI is InChI=1S/C14H21N3O3/c1-10(14(19)16-2)8-17(3)13(18)9-20-12-6-4-5-11(15)7-12/h4-7,10H,8-9,15H2,1-3H3,(H,16,19). The molecule has 0 aliphatic carbocycles. The van der Waals surface area contributed by atoms with Gasteiger partial charge in [-0.2, -0.15) is 0 Å². The summed E-state index contributed by atoms with van der Waals surface area (Å²) in [6, 6.07) is 6.88. The van der Waals surface area contributed by atoms with Crippen molar-refractivity contribution in [1.29, 1.82) is 0 Å². The number of carbonyl (C=O) groups is 2. The fourth-order valence-corrected chi connectivity index (χ4v) is 1.70. The third-order valence-corrected chi connectivity index (χ3v) is 2.89. The first-order chi connectivity index (χ1) is 9.43. The van der Waals surface area contributed by atoms with Gasteiger partial charge in [0, 0.05) is 32.4 Å². The molecule has 0 saturated carbocycles. The zero-order valence-corrected chi connectivity index (χ0v) is 12.1. The molecule has 1 aromatic carbocycles. The van der Waals surface area contributed by atoms with Crippen LogP contribution in [0.1, 0.15) is 6.92 Å². The summed E-state index contributed by atoms with van der Waals surface area (Å²) in [5, 5.41) is 2.55. The van der Waals surface area contributed by atoms with Gasteiger partial charge >= 0.3 is 0 Å². The van der Waals surface area contributed by atoms with Gasteiger partial charge in [-0.05, 0) is 12.1 Å². The second-order valence-electron chi connectivity index (χ2n) is 4.65. The van der Waals surface area contributed by atoms with Crippen molar-refractivity contribution >= 4 is 17.5 Å². The molecule has 0 aliphatic heterocycles. The first-order valence-corrected chi connectivity index (χ1v) is 6.38. The smallest absolute Gasteiger partial charge is 0.260 e. The van der Waals surface area contributed by atoms with Crippen LogP contribution in [0, 0.1) is 5.92 Å². The molecule has 0 bridgehead atoms. The monoisotopic (exact) mass is 279 g/mol. The van der Waals surface area contributed by atoms with E-state index in [1.54, 1.807) is 45.3 Å². The van der Waals surface area contributed by atoms with Crippen molar-refractivity contribution in [3.05, 3.63) is 24.3 Å². The topological polar surface area (TPSA) is 84.7 Å². The highest BCUT2D eigenvalue weighted by Gasteiger charge is 2.17. The van der Waals surface area contributed by atoms with Crippen molar-refractivity contribution < 1.29 is 14.3 Å². The van der Waals surface area contributed by atoms with Crippen LogP contribution in [-0.2, 0) is 9.59 Å². The molecule has 6 nitrogen and oxygen atoms in total. The molecule has 1 unspecified atom stereocenters. The summed E-state index contributed by atoms with van der Waals surface area (Å²) in [6.07, 6.45) is 0. The maximum Gasteiger partial charge on any atom is 0.260 e. The van der Waals surface area contributed by atoms with Crippen LogP contribution in [0.15, 0.2) is 24.3 Å². The number of nitrogen functional groups attached to an aromatic ring is 1. The van der Waals surface area contributed by atoms with E-state index >= 15 is 0 Å². The molecule has 0 heterocycles. The average Bonchev–Trinajstić information content (AvgIpc) is 2.43. The Morgan fingerprint density at radius 1 is 1.45 bits per heavy atom. The Hall–Kier alpha value is -2.24. The number of nitrogens with one attached hydrogen (secondary N) is 1. The summed E-state index contributed by atoms with van der Waals surface area (Å²) >= 11 is 0. The number of nitrogens with zero attached hydrogens (tertiary/aromatic N) is 1. The van der Waals surface area contributed by atoms with Crippen LogP contribution >= 0.6 is 0 Å². The summed E-state index contributed by atoms with van der Waals surface area (Å²) in [6.45, 7) is 2.03. The van der Waals surface area contributed by atoms with E-state index in [0.29, 0.717) is 18.0 Å². The number of carbonyl (C=O) groups excluding carboxylic acids is 2. The molecule has 2 amide bonds. The first kappa shape index (κ1) is 15.8. The Balaban J connectivity index is 2.44. The quantitative estimate of drug-likeness (QED) is 0.742. The van der Waals surface area contributed by atoms with Crippen LogP contribution in [0.2, 0.25) is 0 Å². The van der Waals surface area contributed by atoms with E-state index in [1.165, 1.54) is 4.90 Å². The molecule has 0 aromatic heterocycles. The van der Waals surface area contributed by atoms with Gasteiger partial charge in [-0.25, -0.2) is 0 Å². The SMILES string of the molecule is CNC(=O)C(C)CN(C)C(=O)COc1cccc(N)c1. The van der Waals surface area contributed by atoms with Crippen molar-refractivity contribution in [1.82, 2.24) is 10.2 Å². The molecule has 1 rings (SSSR count). The zero-order valence-electron chi connectivity index (χ0n) is 12.1. The third-order valence-electron chi connectivity index (χ3n) is 2.89. The van der Waals surface area contributed by atoms with Crippen LogP contribution in [0.3, 0.4) is 0 Å². The normalized spacial score (nSPS) is 11.6. The van der Waals surface area contributed by atoms with Gasteiger partial charge in [-0.15, -0.1) is 0 Å². The van der Waals surface area contributed by atoms with Gasteiger partial charge in [0.15, 0.2) is 6.61 Å². The van der Waals surface area contributed by atoms with Crippen LogP contribution in [0.25, 0.3) is 0 Å². The number of hydrogen-bond acceptors (Lipinski definition) is 4. The largest absolute Gasteiger partial charge is 0.484 e. The highest BCUT2D eigenvalue weighted by atomic mass is 16.5. The number of hydrogen-bond donors (Lipinski definition) is 2. The fourth-order valence-electron chi connectivity index (χ4n) is 1.70. The minimum absolute atomic E-state index is 0.0829. The zero-order chi connectivity index (χ0) is 15.1. The van der Waals surface area contributed by atoms with E-state index in [1.807, 2.05) is 0 Å². The number of anilines is 1. The molecule has 3 N–H and O–H groups in total. The summed E-state index contributed by atoms with van der Waals surface area (Å²) in [5.74, 6) is -0.00278. The van der Waals surface area contributed by atoms with E-state index in [2.05, 4.69) is 5.32 Å². The summed E-state index contributed by atoms with van der Waals surface area (Å²) in [7, 11) is 3.22. The van der Waals surface area contributed by atoms with E-state index < -0.39 is 0 Å². The molecule has 0 radical (unpaired) electrons. The summed E-state index contributed by atoms with van der Waals surface area (Å²) < 4.78 is 5.37. The van der Waals surface area contributed by atoms with Gasteiger partial charge in [0.25, 0.3) is 5.91 Å². The lowest BCUT2D eigenvalue weighted by atomic mass is 10.1. The van der Waals surface area contributed by atoms with Crippen molar-refractivity contribution in [2.24, 2.45) is 5.92 Å². The number of ether oxygens (including phenoxy) is 1. The van der Waals surface area contributed by atoms with Gasteiger partial charge in [0.2, 0.25) is 5.91 Å². The molecule has 0 saturated heterocycles. The predicted molar refractivity (Wildman–Crippen MR) is 77.2 cm³/mol. The number of amides is 2. The third kappa shape index (κ3) is 4.79. The second kappa shape index (κ2) is 7.37. The Morgan fingerprint density at radius 3 is 2.75 bits per heavy atom. The number of rotatable bonds is 6. The summed E-state index contributed by atoms with van der Waals surface area (Å²) in [4.78, 5) is 24.8. The van der Waals surface area contributed by atoms with Gasteiger partial charge in [0.1, 0.15) is 5.75 Å². The Bertz CT molecular complexity index is 476. The minimum atomic E-state index is -0.263. The lowest BCUT2D eigenvalue weighted by molar-refractivity contribution is -0.133. The molecule has 0 aliphatic rings. The van der Waals surface area contributed by atoms with E-state index in [9.17, 15) is 9.59 Å². The van der Waals surface area contributed by atoms with Gasteiger partial charge in [-0.1, -0.05) is 13.0 Å². The number of nitrogens with two attached hydrogens (primary N) is 1. The Kier molecular flexibility index (Phi) is 5.83. The van der Waals surface area contributed by atoms with E-state index in [4.69, 9.17) is 10.5 Å². The lowest BCUT2D eigenvalue weighted by Crippen LogP contribution is -2.39. The van der Waals surface area contributed by atoms with Gasteiger partial charge in [0.05, 0.1) is 5.92 Å². The van der Waals surface area contributed by atoms with Crippen molar-refractivity contribution in [3.63, 3.8) is 0 Å². The molecule has 0 spiro atoms. The van der Waals surface area contributed by atoms with E-state index in [0.717, 1.165) is 0 Å². The van der Waals surface area contributed by atoms with Crippen LogP contribution in [0.4, 0.5) is 5.69 Å². The molecule has 20 heavy (non-hydrogen) atoms. The number of likely N-dealkylation sites (N-methyl/N-ethyl adjacent to an activating group) is 1. The van der Waals surface area contributed by atoms with Gasteiger partial charge in [-0.3, -0.25) is 9.59 Å². The lowest BCUT2D eigenvalue weighted by Gasteiger charge is -2.20. The Morgan fingerprint density at radius 2 is 2.15 bits per heavy atom. The minimum Gasteiger partial charge on any atom is -0.484 e. The van der Waals surface area contributed by atoms with E-state index in [-0.39, 0.29) is 24.3 Å². The number of benzene rings is 1. The van der Waals surface area contributed by atoms with Crippen LogP contribution in [-0.4, -0.2) is 44.0 Å². The van der Waals surface area contributed by atoms with Crippen molar-refractivity contribution in [2.75, 3.05) is 33.0 Å². The van der Waals surface area contributed by atoms with Crippen LogP contribution < -0.4 is 15.8 Å².